The predicted octanol–water partition coefficient (Wildman–Crippen LogP) is 4.76. The van der Waals surface area contributed by atoms with E-state index in [0.717, 1.165) is 44.1 Å². The van der Waals surface area contributed by atoms with Crippen molar-refractivity contribution in [1.29, 1.82) is 0 Å². The number of nitrogens with one attached hydrogen (secondary N) is 5. The van der Waals surface area contributed by atoms with Gasteiger partial charge in [0.1, 0.15) is 23.7 Å². The van der Waals surface area contributed by atoms with E-state index in [2.05, 4.69) is 26.6 Å². The monoisotopic (exact) mass is 787 g/mol. The first-order valence-corrected chi connectivity index (χ1v) is 20.5. The highest BCUT2D eigenvalue weighted by Gasteiger charge is 2.42. The van der Waals surface area contributed by atoms with Crippen molar-refractivity contribution in [3.05, 3.63) is 35.9 Å². The molecule has 2 fully saturated rings. The van der Waals surface area contributed by atoms with Gasteiger partial charge < -0.3 is 36.2 Å². The number of likely N-dealkylation sites (tertiary alicyclic amines) is 1. The van der Waals surface area contributed by atoms with Crippen LogP contribution in [0, 0.1) is 11.8 Å². The molecule has 0 bridgehead atoms. The van der Waals surface area contributed by atoms with Crippen LogP contribution in [0.25, 0.3) is 0 Å². The van der Waals surface area contributed by atoms with E-state index in [1.54, 1.807) is 14.1 Å². The van der Waals surface area contributed by atoms with Crippen LogP contribution in [0.2, 0.25) is 0 Å². The average molecular weight is 787 g/mol. The lowest BCUT2D eigenvalue weighted by atomic mass is 9.90. The van der Waals surface area contributed by atoms with Gasteiger partial charge >= 0.3 is 6.09 Å². The van der Waals surface area contributed by atoms with Crippen molar-refractivity contribution in [3.63, 3.8) is 0 Å². The van der Waals surface area contributed by atoms with E-state index < -0.39 is 47.6 Å². The Kier molecular flexibility index (Phi) is 23.5. The number of carbonyl (C=O) groups is 7. The second-order valence-electron chi connectivity index (χ2n) is 15.2. The molecule has 1 aliphatic heterocycles. The van der Waals surface area contributed by atoms with Crippen LogP contribution in [-0.4, -0.2) is 97.6 Å². The number of hydrogen-bond acceptors (Lipinski definition) is 9. The highest BCUT2D eigenvalue weighted by atomic mass is 16.6. The number of carbonyl (C=O) groups excluding carboxylic acids is 7. The van der Waals surface area contributed by atoms with Crippen molar-refractivity contribution >= 4 is 41.8 Å². The van der Waals surface area contributed by atoms with Gasteiger partial charge in [-0.1, -0.05) is 90.6 Å². The van der Waals surface area contributed by atoms with E-state index in [9.17, 15) is 33.6 Å². The molecule has 0 spiro atoms. The molecular weight excluding hydrogens is 716 g/mol. The van der Waals surface area contributed by atoms with Gasteiger partial charge in [-0.3, -0.25) is 28.8 Å². The molecular formula is C42H70N6O8. The summed E-state index contributed by atoms with van der Waals surface area (Å²) >= 11 is 0. The van der Waals surface area contributed by atoms with Crippen molar-refractivity contribution in [2.75, 3.05) is 27.2 Å². The smallest absolute Gasteiger partial charge is 0.408 e. The van der Waals surface area contributed by atoms with Crippen molar-refractivity contribution in [2.24, 2.45) is 11.8 Å². The maximum Gasteiger partial charge on any atom is 0.408 e. The maximum absolute atomic E-state index is 13.8. The van der Waals surface area contributed by atoms with Crippen molar-refractivity contribution < 1.29 is 38.3 Å². The molecule has 5 N–H and O–H groups in total. The van der Waals surface area contributed by atoms with Crippen molar-refractivity contribution in [1.82, 2.24) is 31.5 Å². The molecule has 5 amide bonds. The summed E-state index contributed by atoms with van der Waals surface area (Å²) in [6, 6.07) is 6.11. The molecule has 316 valence electrons. The first-order valence-electron chi connectivity index (χ1n) is 20.5. The highest BCUT2D eigenvalue weighted by molar-refractivity contribution is 6.28. The van der Waals surface area contributed by atoms with Crippen LogP contribution in [0.1, 0.15) is 131 Å². The Balaban J connectivity index is 0.000000656. The molecule has 2 aliphatic rings. The number of Topliss-reactive ketones (excluding diaryl/α,β-unsaturated/α-hetero) is 1. The summed E-state index contributed by atoms with van der Waals surface area (Å²) in [5, 5.41) is 13.7. The first kappa shape index (κ1) is 49.7. The minimum atomic E-state index is -0.908. The molecule has 1 saturated heterocycles. The maximum atomic E-state index is 13.8. The Morgan fingerprint density at radius 2 is 1.52 bits per heavy atom. The number of alkyl carbamates (subject to hydrolysis) is 1. The Labute approximate surface area is 334 Å². The zero-order chi connectivity index (χ0) is 42.3. The van der Waals surface area contributed by atoms with Gasteiger partial charge in [-0.05, 0) is 76.8 Å². The van der Waals surface area contributed by atoms with Crippen LogP contribution in [0.15, 0.2) is 30.3 Å². The minimum absolute atomic E-state index is 0.0352. The molecule has 4 atom stereocenters. The van der Waals surface area contributed by atoms with Crippen LogP contribution in [0.3, 0.4) is 0 Å². The van der Waals surface area contributed by atoms with E-state index in [4.69, 9.17) is 4.74 Å². The van der Waals surface area contributed by atoms with Crippen LogP contribution in [0.5, 0.6) is 0 Å². The van der Waals surface area contributed by atoms with Crippen LogP contribution >= 0.6 is 0 Å². The predicted molar refractivity (Wildman–Crippen MR) is 217 cm³/mol. The minimum Gasteiger partial charge on any atom is -0.444 e. The van der Waals surface area contributed by atoms with E-state index in [0.29, 0.717) is 45.2 Å². The lowest BCUT2D eigenvalue weighted by molar-refractivity contribution is -0.142. The van der Waals surface area contributed by atoms with Gasteiger partial charge in [-0.2, -0.15) is 0 Å². The standard InChI is InChI=1S/C27H45N3O6.C13H19N3O2.C2H6/c1-6-27(4,5)36-26(35)29-23(19-12-9-7-8-10-13-19)25(34)30-15-11-14-21(30)24(33)28-20(16-18(2)3)22(32)17-31;1-14-9-8-11(17)16-12(13(18)15-2)10-6-4-3-5-7-10;1-2/h17-21,23H,6-16H2,1-5H3,(H,28,33)(H,29,35);3-7,12,14H,8-9H2,1-2H3,(H,15,18)(H,16,17);1-2H3. The van der Waals surface area contributed by atoms with E-state index >= 15 is 0 Å². The highest BCUT2D eigenvalue weighted by Crippen LogP contribution is 2.29. The average Bonchev–Trinajstić information content (AvgIpc) is 3.54. The third-order valence-electron chi connectivity index (χ3n) is 10.0. The van der Waals surface area contributed by atoms with Gasteiger partial charge in [0.25, 0.3) is 0 Å². The number of ketones is 1. The topological polar surface area (TPSA) is 192 Å². The molecule has 0 radical (unpaired) electrons. The molecule has 1 aromatic carbocycles. The Bertz CT molecular complexity index is 1380. The number of benzene rings is 1. The van der Waals surface area contributed by atoms with Crippen LogP contribution < -0.4 is 26.6 Å². The number of amides is 5. The van der Waals surface area contributed by atoms with Crippen molar-refractivity contribution in [2.45, 2.75) is 149 Å². The molecule has 4 unspecified atom stereocenters. The van der Waals surface area contributed by atoms with Crippen LogP contribution in [0.4, 0.5) is 4.79 Å². The second kappa shape index (κ2) is 26.5. The first-order chi connectivity index (χ1) is 26.7. The summed E-state index contributed by atoms with van der Waals surface area (Å²) < 4.78 is 5.58. The van der Waals surface area contributed by atoms with Crippen LogP contribution in [-0.2, 0) is 33.5 Å². The lowest BCUT2D eigenvalue weighted by Gasteiger charge is -2.34. The van der Waals surface area contributed by atoms with Gasteiger partial charge in [0.2, 0.25) is 29.4 Å². The third-order valence-corrected chi connectivity index (χ3v) is 10.0. The number of likely N-dealkylation sites (N-methyl/N-ethyl adjacent to an activating group) is 1. The van der Waals surface area contributed by atoms with E-state index in [1.165, 1.54) is 4.90 Å². The summed E-state index contributed by atoms with van der Waals surface area (Å²) in [4.78, 5) is 88.0. The Morgan fingerprint density at radius 1 is 0.893 bits per heavy atom. The number of ether oxygens (including phenoxy) is 1. The normalized spacial score (nSPS) is 17.2. The molecule has 3 rings (SSSR count). The fourth-order valence-corrected chi connectivity index (χ4v) is 6.62. The SMILES string of the molecule is CC.CCC(C)(C)OC(=O)NC(C(=O)N1CCCC1C(=O)NC(CC(C)C)C(=O)C=O)C1CCCCCC1.CNCCC(=O)NC(C(=O)NC)c1ccccc1. The molecule has 14 nitrogen and oxygen atoms in total. The van der Waals surface area contributed by atoms with Gasteiger partial charge in [-0.15, -0.1) is 0 Å². The molecule has 56 heavy (non-hydrogen) atoms. The summed E-state index contributed by atoms with van der Waals surface area (Å²) in [7, 11) is 3.33. The molecule has 14 heteroatoms. The number of nitrogens with zero attached hydrogens (tertiary/aromatic N) is 1. The zero-order valence-electron chi connectivity index (χ0n) is 35.3. The van der Waals surface area contributed by atoms with Gasteiger partial charge in [0.05, 0.1) is 6.04 Å². The van der Waals surface area contributed by atoms with Gasteiger partial charge in [0.15, 0.2) is 6.29 Å². The fraction of sp³-hybridized carbons (Fsp3) is 0.690. The lowest BCUT2D eigenvalue weighted by Crippen LogP contribution is -2.57. The molecule has 1 heterocycles. The summed E-state index contributed by atoms with van der Waals surface area (Å²) in [6.45, 7) is 14.4. The van der Waals surface area contributed by atoms with Gasteiger partial charge in [0, 0.05) is 26.6 Å². The van der Waals surface area contributed by atoms with Gasteiger partial charge in [-0.25, -0.2) is 4.79 Å². The summed E-state index contributed by atoms with van der Waals surface area (Å²) in [5.74, 6) is -1.70. The number of rotatable bonds is 17. The Hall–Kier alpha value is -4.33. The molecule has 0 aromatic heterocycles. The summed E-state index contributed by atoms with van der Waals surface area (Å²) in [6.07, 6.45) is 7.85. The number of aldehydes is 1. The Morgan fingerprint density at radius 3 is 2.05 bits per heavy atom. The van der Waals surface area contributed by atoms with E-state index in [1.807, 2.05) is 78.8 Å². The molecule has 1 saturated carbocycles. The van der Waals surface area contributed by atoms with E-state index in [-0.39, 0.29) is 35.8 Å². The molecule has 1 aliphatic carbocycles. The fourth-order valence-electron chi connectivity index (χ4n) is 6.62. The second-order valence-corrected chi connectivity index (χ2v) is 15.2. The zero-order valence-corrected chi connectivity index (χ0v) is 35.3. The number of hydrogen-bond donors (Lipinski definition) is 5. The quantitative estimate of drug-likeness (QED) is 0.0842. The molecule has 1 aromatic rings. The largest absolute Gasteiger partial charge is 0.444 e. The summed E-state index contributed by atoms with van der Waals surface area (Å²) in [5.41, 5.74) is 0.114. The van der Waals surface area contributed by atoms with Crippen molar-refractivity contribution in [3.8, 4) is 0 Å². The third kappa shape index (κ3) is 17.2.